The average Bonchev–Trinajstić information content (AvgIpc) is 2.25. The molecule has 0 amide bonds. The second-order valence-corrected chi connectivity index (χ2v) is 3.89. The fraction of sp³-hybridized carbons (Fsp3) is 0.417. The maximum Gasteiger partial charge on any atom is 0.339 e. The van der Waals surface area contributed by atoms with Crippen LogP contribution in [-0.2, 0) is 0 Å². The Kier molecular flexibility index (Phi) is 4.17. The molecule has 0 spiro atoms. The quantitative estimate of drug-likeness (QED) is 0.752. The Morgan fingerprint density at radius 2 is 2.25 bits per heavy atom. The minimum absolute atomic E-state index is 0.150. The van der Waals surface area contributed by atoms with Crippen molar-refractivity contribution >= 4 is 11.7 Å². The molecule has 0 saturated carbocycles. The lowest BCUT2D eigenvalue weighted by Gasteiger charge is -2.13. The highest BCUT2D eigenvalue weighted by Gasteiger charge is 2.12. The highest BCUT2D eigenvalue weighted by atomic mass is 16.5. The van der Waals surface area contributed by atoms with Gasteiger partial charge in [0.05, 0.1) is 6.61 Å². The molecule has 0 saturated heterocycles. The molecule has 0 aliphatic heterocycles. The molecular formula is C12H17NO3. The predicted molar refractivity (Wildman–Crippen MR) is 62.8 cm³/mol. The summed E-state index contributed by atoms with van der Waals surface area (Å²) in [5.74, 6) is -0.268. The first-order chi connectivity index (χ1) is 7.54. The van der Waals surface area contributed by atoms with Gasteiger partial charge < -0.3 is 15.6 Å². The van der Waals surface area contributed by atoms with Gasteiger partial charge in [0.1, 0.15) is 11.3 Å². The van der Waals surface area contributed by atoms with Crippen molar-refractivity contribution < 1.29 is 14.6 Å². The molecule has 1 aromatic carbocycles. The Labute approximate surface area is 95.0 Å². The summed E-state index contributed by atoms with van der Waals surface area (Å²) in [4.78, 5) is 10.9. The van der Waals surface area contributed by atoms with Gasteiger partial charge in [-0.15, -0.1) is 0 Å². The van der Waals surface area contributed by atoms with Gasteiger partial charge in [-0.3, -0.25) is 0 Å². The lowest BCUT2D eigenvalue weighted by Crippen LogP contribution is -2.10. The van der Waals surface area contributed by atoms with Crippen LogP contribution in [0.1, 0.15) is 30.6 Å². The molecule has 0 aromatic heterocycles. The molecule has 0 heterocycles. The van der Waals surface area contributed by atoms with E-state index in [-0.39, 0.29) is 5.56 Å². The van der Waals surface area contributed by atoms with E-state index in [1.54, 1.807) is 12.1 Å². The monoisotopic (exact) mass is 223 g/mol. The summed E-state index contributed by atoms with van der Waals surface area (Å²) in [6.45, 7) is 4.61. The topological polar surface area (TPSA) is 72.5 Å². The first-order valence-electron chi connectivity index (χ1n) is 5.30. The van der Waals surface area contributed by atoms with Crippen molar-refractivity contribution in [1.82, 2.24) is 0 Å². The molecule has 0 fully saturated rings. The second-order valence-electron chi connectivity index (χ2n) is 3.89. The maximum atomic E-state index is 10.9. The molecule has 4 heteroatoms. The van der Waals surface area contributed by atoms with Crippen molar-refractivity contribution in [2.75, 3.05) is 12.3 Å². The number of hydrogen-bond donors (Lipinski definition) is 2. The molecule has 0 aliphatic carbocycles. The van der Waals surface area contributed by atoms with E-state index in [1.807, 2.05) is 6.92 Å². The fourth-order valence-electron chi connectivity index (χ4n) is 1.18. The lowest BCUT2D eigenvalue weighted by atomic mass is 10.1. The highest BCUT2D eigenvalue weighted by molar-refractivity contribution is 5.91. The van der Waals surface area contributed by atoms with Crippen LogP contribution in [0.2, 0.25) is 0 Å². The Balaban J connectivity index is 2.84. The van der Waals surface area contributed by atoms with Crippen LogP contribution in [0.5, 0.6) is 5.75 Å². The smallest absolute Gasteiger partial charge is 0.339 e. The molecular weight excluding hydrogens is 206 g/mol. The van der Waals surface area contributed by atoms with Crippen LogP contribution in [-0.4, -0.2) is 17.7 Å². The summed E-state index contributed by atoms with van der Waals surface area (Å²) in [5.41, 5.74) is 6.25. The van der Waals surface area contributed by atoms with E-state index in [0.717, 1.165) is 6.42 Å². The minimum Gasteiger partial charge on any atom is -0.492 e. The van der Waals surface area contributed by atoms with E-state index in [0.29, 0.717) is 24.0 Å². The number of anilines is 1. The molecule has 0 bridgehead atoms. The summed E-state index contributed by atoms with van der Waals surface area (Å²) < 4.78 is 5.47. The summed E-state index contributed by atoms with van der Waals surface area (Å²) in [6, 6.07) is 4.56. The third-order valence-corrected chi connectivity index (χ3v) is 2.46. The number of nitrogens with two attached hydrogens (primary N) is 1. The molecule has 1 aromatic rings. The van der Waals surface area contributed by atoms with Crippen molar-refractivity contribution in [1.29, 1.82) is 0 Å². The number of benzene rings is 1. The van der Waals surface area contributed by atoms with E-state index < -0.39 is 5.97 Å². The van der Waals surface area contributed by atoms with Gasteiger partial charge in [-0.25, -0.2) is 4.79 Å². The number of nitrogen functional groups attached to an aromatic ring is 1. The van der Waals surface area contributed by atoms with Crippen LogP contribution in [0.25, 0.3) is 0 Å². The Bertz CT molecular complexity index is 377. The third kappa shape index (κ3) is 3.15. The summed E-state index contributed by atoms with van der Waals surface area (Å²) >= 11 is 0. The van der Waals surface area contributed by atoms with Gasteiger partial charge in [-0.1, -0.05) is 20.3 Å². The third-order valence-electron chi connectivity index (χ3n) is 2.46. The SMILES string of the molecule is CCC(C)COc1cc(N)ccc1C(=O)O. The van der Waals surface area contributed by atoms with Crippen molar-refractivity contribution in [2.24, 2.45) is 5.92 Å². The number of carbonyl (C=O) groups is 1. The molecule has 3 N–H and O–H groups in total. The average molecular weight is 223 g/mol. The Morgan fingerprint density at radius 3 is 2.81 bits per heavy atom. The van der Waals surface area contributed by atoms with E-state index in [4.69, 9.17) is 15.6 Å². The first kappa shape index (κ1) is 12.4. The van der Waals surface area contributed by atoms with Gasteiger partial charge in [-0.2, -0.15) is 0 Å². The number of rotatable bonds is 5. The molecule has 88 valence electrons. The van der Waals surface area contributed by atoms with Gasteiger partial charge in [0.15, 0.2) is 0 Å². The van der Waals surface area contributed by atoms with Crippen molar-refractivity contribution in [3.05, 3.63) is 23.8 Å². The van der Waals surface area contributed by atoms with Gasteiger partial charge in [0.2, 0.25) is 0 Å². The molecule has 0 radical (unpaired) electrons. The van der Waals surface area contributed by atoms with Crippen LogP contribution >= 0.6 is 0 Å². The molecule has 1 rings (SSSR count). The van der Waals surface area contributed by atoms with Crippen molar-refractivity contribution in [2.45, 2.75) is 20.3 Å². The van der Waals surface area contributed by atoms with E-state index in [1.165, 1.54) is 6.07 Å². The van der Waals surface area contributed by atoms with Crippen LogP contribution < -0.4 is 10.5 Å². The van der Waals surface area contributed by atoms with E-state index in [2.05, 4.69) is 6.92 Å². The van der Waals surface area contributed by atoms with Gasteiger partial charge in [0, 0.05) is 11.8 Å². The molecule has 1 atom stereocenters. The zero-order valence-electron chi connectivity index (χ0n) is 9.56. The van der Waals surface area contributed by atoms with E-state index in [9.17, 15) is 4.79 Å². The number of carboxylic acids is 1. The fourth-order valence-corrected chi connectivity index (χ4v) is 1.18. The van der Waals surface area contributed by atoms with Gasteiger partial charge in [-0.05, 0) is 18.1 Å². The van der Waals surface area contributed by atoms with E-state index >= 15 is 0 Å². The Morgan fingerprint density at radius 1 is 1.56 bits per heavy atom. The number of hydrogen-bond acceptors (Lipinski definition) is 3. The first-order valence-corrected chi connectivity index (χ1v) is 5.30. The van der Waals surface area contributed by atoms with Gasteiger partial charge in [0.25, 0.3) is 0 Å². The normalized spacial score (nSPS) is 12.1. The number of ether oxygens (including phenoxy) is 1. The standard InChI is InChI=1S/C12H17NO3/c1-3-8(2)7-16-11-6-9(13)4-5-10(11)12(14)15/h4-6,8H,3,7,13H2,1-2H3,(H,14,15). The van der Waals surface area contributed by atoms with Gasteiger partial charge >= 0.3 is 5.97 Å². The Hall–Kier alpha value is -1.71. The molecule has 0 aliphatic rings. The summed E-state index contributed by atoms with van der Waals surface area (Å²) in [6.07, 6.45) is 0.991. The minimum atomic E-state index is -1.00. The van der Waals surface area contributed by atoms with Crippen LogP contribution in [0, 0.1) is 5.92 Å². The van der Waals surface area contributed by atoms with Crippen molar-refractivity contribution in [3.63, 3.8) is 0 Å². The van der Waals surface area contributed by atoms with Crippen LogP contribution in [0.3, 0.4) is 0 Å². The van der Waals surface area contributed by atoms with Crippen LogP contribution in [0.4, 0.5) is 5.69 Å². The largest absolute Gasteiger partial charge is 0.492 e. The second kappa shape index (κ2) is 5.39. The number of carboxylic acid groups (broad SMARTS) is 1. The molecule has 1 unspecified atom stereocenters. The highest BCUT2D eigenvalue weighted by Crippen LogP contribution is 2.22. The maximum absolute atomic E-state index is 10.9. The zero-order valence-corrected chi connectivity index (χ0v) is 9.56. The summed E-state index contributed by atoms with van der Waals surface area (Å²) in [7, 11) is 0. The summed E-state index contributed by atoms with van der Waals surface area (Å²) in [5, 5.41) is 8.96. The number of aromatic carboxylic acids is 1. The predicted octanol–water partition coefficient (Wildman–Crippen LogP) is 2.39. The molecule has 16 heavy (non-hydrogen) atoms. The van der Waals surface area contributed by atoms with Crippen molar-refractivity contribution in [3.8, 4) is 5.75 Å². The molecule has 4 nitrogen and oxygen atoms in total. The zero-order chi connectivity index (χ0) is 12.1. The lowest BCUT2D eigenvalue weighted by molar-refractivity contribution is 0.0691. The van der Waals surface area contributed by atoms with Crippen LogP contribution in [0.15, 0.2) is 18.2 Å².